The van der Waals surface area contributed by atoms with Crippen molar-refractivity contribution in [2.45, 2.75) is 31.2 Å². The van der Waals surface area contributed by atoms with Crippen LogP contribution < -0.4 is 0 Å². The van der Waals surface area contributed by atoms with Gasteiger partial charge in [0, 0.05) is 5.92 Å². The van der Waals surface area contributed by atoms with E-state index in [1.165, 1.54) is 4.68 Å². The molecule has 3 rings (SSSR count). The first-order chi connectivity index (χ1) is 8.48. The van der Waals surface area contributed by atoms with Gasteiger partial charge >= 0.3 is 5.97 Å². The first-order valence-electron chi connectivity index (χ1n) is 5.87. The highest BCUT2D eigenvalue weighted by Crippen LogP contribution is 2.42. The predicted octanol–water partition coefficient (Wildman–Crippen LogP) is 0.213. The van der Waals surface area contributed by atoms with Crippen molar-refractivity contribution in [1.29, 1.82) is 0 Å². The number of carboxylic acid groups (broad SMARTS) is 1. The highest BCUT2D eigenvalue weighted by Gasteiger charge is 2.38. The number of hydrogen-bond acceptors (Lipinski definition) is 5. The van der Waals surface area contributed by atoms with Crippen molar-refractivity contribution < 1.29 is 18.3 Å². The summed E-state index contributed by atoms with van der Waals surface area (Å²) in [6, 6.07) is -0.258. The second-order valence-electron chi connectivity index (χ2n) is 4.90. The van der Waals surface area contributed by atoms with Crippen molar-refractivity contribution in [3.63, 3.8) is 0 Å². The van der Waals surface area contributed by atoms with Crippen LogP contribution in [0.25, 0.3) is 0 Å². The van der Waals surface area contributed by atoms with Crippen LogP contribution in [0.1, 0.15) is 47.4 Å². The van der Waals surface area contributed by atoms with Gasteiger partial charge in [0.1, 0.15) is 0 Å². The molecule has 0 aromatic carbocycles. The lowest BCUT2D eigenvalue weighted by atomic mass is 10.2. The Hall–Kier alpha value is -1.44. The van der Waals surface area contributed by atoms with Crippen molar-refractivity contribution in [3.05, 3.63) is 11.4 Å². The molecule has 1 saturated heterocycles. The zero-order chi connectivity index (χ0) is 12.9. The molecule has 2 fully saturated rings. The molecule has 8 heteroatoms. The fourth-order valence-electron chi connectivity index (χ4n) is 2.43. The summed E-state index contributed by atoms with van der Waals surface area (Å²) in [5.74, 6) is -0.738. The number of aromatic carboxylic acids is 1. The molecular formula is C10H13N3O4S. The molecule has 0 amide bonds. The summed E-state index contributed by atoms with van der Waals surface area (Å²) in [7, 11) is -3.01. The Balaban J connectivity index is 2.00. The average Bonchev–Trinajstić information content (AvgIpc) is 2.91. The van der Waals surface area contributed by atoms with E-state index in [1.807, 2.05) is 0 Å². The predicted molar refractivity (Wildman–Crippen MR) is 61.3 cm³/mol. The van der Waals surface area contributed by atoms with Crippen molar-refractivity contribution in [2.24, 2.45) is 0 Å². The number of rotatable bonds is 3. The Bertz CT molecular complexity index is 603. The van der Waals surface area contributed by atoms with E-state index in [4.69, 9.17) is 5.11 Å². The lowest BCUT2D eigenvalue weighted by Crippen LogP contribution is -2.16. The largest absolute Gasteiger partial charge is 0.476 e. The number of sulfone groups is 1. The zero-order valence-electron chi connectivity index (χ0n) is 9.61. The van der Waals surface area contributed by atoms with Crippen LogP contribution >= 0.6 is 0 Å². The minimum atomic E-state index is -3.01. The third-order valence-electron chi connectivity index (χ3n) is 3.45. The summed E-state index contributed by atoms with van der Waals surface area (Å²) in [4.78, 5) is 11.1. The van der Waals surface area contributed by atoms with Gasteiger partial charge in [-0.05, 0) is 19.3 Å². The van der Waals surface area contributed by atoms with Crippen LogP contribution in [0.4, 0.5) is 0 Å². The molecule has 1 aromatic rings. The first kappa shape index (κ1) is 11.6. The van der Waals surface area contributed by atoms with E-state index in [-0.39, 0.29) is 29.2 Å². The van der Waals surface area contributed by atoms with Gasteiger partial charge in [-0.1, -0.05) is 5.21 Å². The van der Waals surface area contributed by atoms with Crippen LogP contribution in [0, 0.1) is 0 Å². The van der Waals surface area contributed by atoms with Gasteiger partial charge in [-0.2, -0.15) is 0 Å². The molecule has 98 valence electrons. The molecule has 2 aliphatic rings. The number of hydrogen-bond donors (Lipinski definition) is 1. The summed E-state index contributed by atoms with van der Waals surface area (Å²) in [6.07, 6.45) is 2.34. The molecule has 1 N–H and O–H groups in total. The lowest BCUT2D eigenvalue weighted by molar-refractivity contribution is 0.0689. The van der Waals surface area contributed by atoms with Gasteiger partial charge in [0.15, 0.2) is 15.5 Å². The fraction of sp³-hybridized carbons (Fsp3) is 0.700. The van der Waals surface area contributed by atoms with Crippen molar-refractivity contribution >= 4 is 15.8 Å². The van der Waals surface area contributed by atoms with Crippen LogP contribution in [-0.2, 0) is 9.84 Å². The summed E-state index contributed by atoms with van der Waals surface area (Å²) in [5.41, 5.74) is 0.575. The second kappa shape index (κ2) is 3.78. The van der Waals surface area contributed by atoms with Crippen LogP contribution in [0.15, 0.2) is 0 Å². The van der Waals surface area contributed by atoms with E-state index in [2.05, 4.69) is 10.3 Å². The molecule has 7 nitrogen and oxygen atoms in total. The highest BCUT2D eigenvalue weighted by atomic mass is 32.2. The molecule has 1 unspecified atom stereocenters. The van der Waals surface area contributed by atoms with Gasteiger partial charge in [-0.15, -0.1) is 5.10 Å². The van der Waals surface area contributed by atoms with Crippen LogP contribution in [-0.4, -0.2) is 46.0 Å². The van der Waals surface area contributed by atoms with Gasteiger partial charge in [0.25, 0.3) is 0 Å². The molecule has 1 atom stereocenters. The molecule has 1 saturated carbocycles. The van der Waals surface area contributed by atoms with E-state index in [1.54, 1.807) is 0 Å². The van der Waals surface area contributed by atoms with E-state index in [0.717, 1.165) is 12.8 Å². The molecule has 2 heterocycles. The zero-order valence-corrected chi connectivity index (χ0v) is 10.4. The third-order valence-corrected chi connectivity index (χ3v) is 5.20. The highest BCUT2D eigenvalue weighted by molar-refractivity contribution is 7.91. The number of carboxylic acids is 1. The monoisotopic (exact) mass is 271 g/mol. The quantitative estimate of drug-likeness (QED) is 0.843. The molecule has 18 heavy (non-hydrogen) atoms. The van der Waals surface area contributed by atoms with E-state index in [0.29, 0.717) is 12.1 Å². The van der Waals surface area contributed by atoms with E-state index in [9.17, 15) is 13.2 Å². The average molecular weight is 271 g/mol. The lowest BCUT2D eigenvalue weighted by Gasteiger charge is -2.11. The Kier molecular flexibility index (Phi) is 2.44. The van der Waals surface area contributed by atoms with Gasteiger partial charge in [0.2, 0.25) is 0 Å². The maximum absolute atomic E-state index is 11.5. The second-order valence-corrected chi connectivity index (χ2v) is 7.13. The minimum Gasteiger partial charge on any atom is -0.476 e. The minimum absolute atomic E-state index is 0.0261. The molecule has 1 aliphatic heterocycles. The van der Waals surface area contributed by atoms with Gasteiger partial charge < -0.3 is 5.11 Å². The molecule has 1 aliphatic carbocycles. The Labute approximate surface area is 104 Å². The maximum Gasteiger partial charge on any atom is 0.358 e. The molecule has 1 aromatic heterocycles. The van der Waals surface area contributed by atoms with Crippen LogP contribution in [0.2, 0.25) is 0 Å². The Morgan fingerprint density at radius 3 is 2.56 bits per heavy atom. The first-order valence-corrected chi connectivity index (χ1v) is 7.69. The summed E-state index contributed by atoms with van der Waals surface area (Å²) < 4.78 is 24.5. The van der Waals surface area contributed by atoms with Crippen LogP contribution in [0.3, 0.4) is 0 Å². The SMILES string of the molecule is O=C(O)c1nnn(C2CCS(=O)(=O)C2)c1C1CC1. The summed E-state index contributed by atoms with van der Waals surface area (Å²) >= 11 is 0. The van der Waals surface area contributed by atoms with Crippen LogP contribution in [0.5, 0.6) is 0 Å². The molecule has 0 bridgehead atoms. The Morgan fingerprint density at radius 1 is 1.33 bits per heavy atom. The Morgan fingerprint density at radius 2 is 2.06 bits per heavy atom. The topological polar surface area (TPSA) is 102 Å². The van der Waals surface area contributed by atoms with E-state index < -0.39 is 15.8 Å². The van der Waals surface area contributed by atoms with Crippen molar-refractivity contribution in [1.82, 2.24) is 15.0 Å². The van der Waals surface area contributed by atoms with Crippen molar-refractivity contribution in [3.8, 4) is 0 Å². The number of carbonyl (C=O) groups is 1. The van der Waals surface area contributed by atoms with E-state index >= 15 is 0 Å². The molecule has 0 spiro atoms. The standard InChI is InChI=1S/C10H13N3O4S/c14-10(15)8-9(6-1-2-6)13(12-11-8)7-3-4-18(16,17)5-7/h6-7H,1-5H2,(H,14,15). The summed E-state index contributed by atoms with van der Waals surface area (Å²) in [6.45, 7) is 0. The normalized spacial score (nSPS) is 26.3. The van der Waals surface area contributed by atoms with Gasteiger partial charge in [-0.3, -0.25) is 0 Å². The smallest absolute Gasteiger partial charge is 0.358 e. The van der Waals surface area contributed by atoms with Gasteiger partial charge in [0.05, 0.1) is 23.2 Å². The van der Waals surface area contributed by atoms with Gasteiger partial charge in [-0.25, -0.2) is 17.9 Å². The maximum atomic E-state index is 11.5. The number of nitrogens with zero attached hydrogens (tertiary/aromatic N) is 3. The fourth-order valence-corrected chi connectivity index (χ4v) is 4.12. The third kappa shape index (κ3) is 1.90. The molecular weight excluding hydrogens is 258 g/mol. The molecule has 0 radical (unpaired) electrons. The summed E-state index contributed by atoms with van der Waals surface area (Å²) in [5, 5.41) is 16.6. The number of aromatic nitrogens is 3. The van der Waals surface area contributed by atoms with Crippen molar-refractivity contribution in [2.75, 3.05) is 11.5 Å².